The highest BCUT2D eigenvalue weighted by molar-refractivity contribution is 6.30. The van der Waals surface area contributed by atoms with Crippen LogP contribution >= 0.6 is 0 Å². The Hall–Kier alpha value is -1.71. The molecule has 1 N–H and O–H groups in total. The molecule has 2 amide bonds. The summed E-state index contributed by atoms with van der Waals surface area (Å²) >= 11 is 0. The lowest BCUT2D eigenvalue weighted by atomic mass is 10.0. The normalized spacial score (nSPS) is 14.1. The smallest absolute Gasteiger partial charge is 0.261 e. The maximum absolute atomic E-state index is 11.8. The summed E-state index contributed by atoms with van der Waals surface area (Å²) in [5.74, 6) is -1.25. The lowest BCUT2D eigenvalue weighted by Gasteiger charge is -2.01. The third kappa shape index (κ3) is 10.3. The third-order valence-electron chi connectivity index (χ3n) is 4.72. The zero-order chi connectivity index (χ0) is 19.0. The van der Waals surface area contributed by atoms with Gasteiger partial charge in [0.15, 0.2) is 5.78 Å². The average Bonchev–Trinajstić information content (AvgIpc) is 2.96. The van der Waals surface area contributed by atoms with Gasteiger partial charge < -0.3 is 0 Å². The lowest BCUT2D eigenvalue weighted by molar-refractivity contribution is -0.125. The summed E-state index contributed by atoms with van der Waals surface area (Å²) < 4.78 is 0. The minimum atomic E-state index is -0.548. The number of amides is 2. The van der Waals surface area contributed by atoms with Crippen LogP contribution in [0.5, 0.6) is 0 Å². The van der Waals surface area contributed by atoms with Crippen LogP contribution in [0.1, 0.15) is 96.8 Å². The molecule has 1 aliphatic heterocycles. The van der Waals surface area contributed by atoms with Gasteiger partial charge >= 0.3 is 0 Å². The summed E-state index contributed by atoms with van der Waals surface area (Å²) in [5.41, 5.74) is 0.0190. The molecule has 0 unspecified atom stereocenters. The van der Waals surface area contributed by atoms with Crippen molar-refractivity contribution in [1.82, 2.24) is 5.32 Å². The highest BCUT2D eigenvalue weighted by Crippen LogP contribution is 2.13. The molecule has 146 valence electrons. The van der Waals surface area contributed by atoms with Gasteiger partial charge in [-0.1, -0.05) is 70.4 Å². The van der Waals surface area contributed by atoms with Crippen LogP contribution in [-0.2, 0) is 14.4 Å². The number of ketones is 1. The van der Waals surface area contributed by atoms with E-state index in [1.807, 2.05) is 0 Å². The van der Waals surface area contributed by atoms with Gasteiger partial charge in [-0.05, 0) is 32.1 Å². The zero-order valence-electron chi connectivity index (χ0n) is 16.4. The van der Waals surface area contributed by atoms with Crippen LogP contribution in [0.2, 0.25) is 0 Å². The Kier molecular flexibility index (Phi) is 12.4. The Morgan fingerprint density at radius 3 is 1.92 bits per heavy atom. The summed E-state index contributed by atoms with van der Waals surface area (Å²) in [4.78, 5) is 34.2. The first-order valence-electron chi connectivity index (χ1n) is 10.4. The van der Waals surface area contributed by atoms with Crippen molar-refractivity contribution in [2.45, 2.75) is 96.8 Å². The Morgan fingerprint density at radius 2 is 1.38 bits per heavy atom. The number of rotatable bonds is 16. The molecule has 1 rings (SSSR count). The van der Waals surface area contributed by atoms with Crippen molar-refractivity contribution in [3.63, 3.8) is 0 Å². The second-order valence-corrected chi connectivity index (χ2v) is 7.13. The zero-order valence-corrected chi connectivity index (χ0v) is 16.4. The summed E-state index contributed by atoms with van der Waals surface area (Å²) in [6.45, 7) is 2.25. The van der Waals surface area contributed by atoms with Crippen LogP contribution in [-0.4, -0.2) is 17.6 Å². The first-order chi connectivity index (χ1) is 12.6. The molecule has 0 radical (unpaired) electrons. The number of hydrogen-bond acceptors (Lipinski definition) is 3. The Morgan fingerprint density at radius 1 is 0.846 bits per heavy atom. The molecule has 0 aliphatic carbocycles. The van der Waals surface area contributed by atoms with E-state index in [-0.39, 0.29) is 11.4 Å². The van der Waals surface area contributed by atoms with E-state index in [0.29, 0.717) is 6.42 Å². The molecule has 4 heteroatoms. The molecule has 26 heavy (non-hydrogen) atoms. The van der Waals surface area contributed by atoms with Crippen molar-refractivity contribution in [2.75, 3.05) is 0 Å². The van der Waals surface area contributed by atoms with E-state index >= 15 is 0 Å². The molecule has 0 atom stereocenters. The molecule has 0 fully saturated rings. The van der Waals surface area contributed by atoms with Gasteiger partial charge in [-0.3, -0.25) is 19.7 Å². The highest BCUT2D eigenvalue weighted by atomic mass is 16.2. The van der Waals surface area contributed by atoms with Crippen molar-refractivity contribution in [2.24, 2.45) is 0 Å². The summed E-state index contributed by atoms with van der Waals surface area (Å²) in [6.07, 6.45) is 21.8. The molecule has 4 nitrogen and oxygen atoms in total. The molecule has 0 saturated carbocycles. The number of allylic oxidation sites excluding steroid dienone is 2. The van der Waals surface area contributed by atoms with Crippen molar-refractivity contribution in [3.05, 3.63) is 23.8 Å². The molecular weight excluding hydrogens is 326 g/mol. The number of Topliss-reactive ketones (excluding diaryl/α,β-unsaturated/α-hetero) is 1. The molecular formula is C22H35NO3. The van der Waals surface area contributed by atoms with Crippen molar-refractivity contribution in [1.29, 1.82) is 0 Å². The van der Waals surface area contributed by atoms with E-state index < -0.39 is 11.8 Å². The fraction of sp³-hybridized carbons (Fsp3) is 0.682. The predicted octanol–water partition coefficient (Wildman–Crippen LogP) is 5.18. The van der Waals surface area contributed by atoms with Crippen LogP contribution in [0.25, 0.3) is 0 Å². The average molecular weight is 362 g/mol. The quantitative estimate of drug-likeness (QED) is 0.178. The fourth-order valence-electron chi connectivity index (χ4n) is 3.11. The van der Waals surface area contributed by atoms with Gasteiger partial charge in [0.2, 0.25) is 0 Å². The summed E-state index contributed by atoms with van der Waals surface area (Å²) in [5, 5.41) is 2.10. The second-order valence-electron chi connectivity index (χ2n) is 7.13. The Bertz CT molecular complexity index is 506. The maximum Gasteiger partial charge on any atom is 0.261 e. The number of hydrogen-bond donors (Lipinski definition) is 1. The highest BCUT2D eigenvalue weighted by Gasteiger charge is 2.25. The standard InChI is InChI=1S/C22H35NO3/c1-2-3-4-5-6-7-8-9-10-11-12-13-14-15-16-17-20(24)19-18-21(25)23-22(19)26/h9-10,18H,2-8,11-17H2,1H3,(H,23,25,26)/b10-9-. The molecule has 1 aliphatic rings. The molecule has 0 aromatic rings. The number of carbonyl (C=O) groups excluding carboxylic acids is 3. The molecule has 0 saturated heterocycles. The van der Waals surface area contributed by atoms with Gasteiger partial charge in [-0.25, -0.2) is 0 Å². The van der Waals surface area contributed by atoms with Crippen molar-refractivity contribution < 1.29 is 14.4 Å². The van der Waals surface area contributed by atoms with E-state index in [1.54, 1.807) is 0 Å². The number of unbranched alkanes of at least 4 members (excludes halogenated alkanes) is 11. The van der Waals surface area contributed by atoms with Crippen LogP contribution in [0.3, 0.4) is 0 Å². The lowest BCUT2D eigenvalue weighted by Crippen LogP contribution is -2.24. The van der Waals surface area contributed by atoms with E-state index in [2.05, 4.69) is 24.4 Å². The van der Waals surface area contributed by atoms with E-state index in [9.17, 15) is 14.4 Å². The number of imide groups is 1. The van der Waals surface area contributed by atoms with Crippen molar-refractivity contribution >= 4 is 17.6 Å². The maximum atomic E-state index is 11.8. The number of nitrogens with one attached hydrogen (secondary N) is 1. The molecule has 0 bridgehead atoms. The fourth-order valence-corrected chi connectivity index (χ4v) is 3.11. The molecule has 0 spiro atoms. The summed E-state index contributed by atoms with van der Waals surface area (Å²) in [7, 11) is 0. The van der Waals surface area contributed by atoms with Gasteiger partial charge in [0.05, 0.1) is 5.57 Å². The van der Waals surface area contributed by atoms with Gasteiger partial charge in [0, 0.05) is 12.5 Å². The minimum Gasteiger partial charge on any atom is -0.294 e. The summed E-state index contributed by atoms with van der Waals surface area (Å²) in [6, 6.07) is 0. The van der Waals surface area contributed by atoms with Crippen LogP contribution in [0, 0.1) is 0 Å². The molecule has 0 aromatic carbocycles. The Balaban J connectivity index is 1.88. The minimum absolute atomic E-state index is 0.0190. The molecule has 0 aromatic heterocycles. The van der Waals surface area contributed by atoms with Crippen LogP contribution in [0.4, 0.5) is 0 Å². The largest absolute Gasteiger partial charge is 0.294 e. The topological polar surface area (TPSA) is 63.2 Å². The SMILES string of the molecule is CCCCCCCC/C=C\CCCCCCCC(=O)C1=CC(=O)NC1=O. The molecule has 1 heterocycles. The second kappa shape index (κ2) is 14.5. The Labute approximate surface area is 158 Å². The van der Waals surface area contributed by atoms with E-state index in [0.717, 1.165) is 31.8 Å². The first-order valence-corrected chi connectivity index (χ1v) is 10.4. The first kappa shape index (κ1) is 22.3. The van der Waals surface area contributed by atoms with Crippen molar-refractivity contribution in [3.8, 4) is 0 Å². The van der Waals surface area contributed by atoms with Gasteiger partial charge in [-0.2, -0.15) is 0 Å². The monoisotopic (exact) mass is 361 g/mol. The van der Waals surface area contributed by atoms with Gasteiger partial charge in [0.1, 0.15) is 0 Å². The van der Waals surface area contributed by atoms with E-state index in [4.69, 9.17) is 0 Å². The van der Waals surface area contributed by atoms with Gasteiger partial charge in [-0.15, -0.1) is 0 Å². The number of carbonyl (C=O) groups is 3. The van der Waals surface area contributed by atoms with E-state index in [1.165, 1.54) is 57.8 Å². The van der Waals surface area contributed by atoms with Crippen LogP contribution < -0.4 is 5.32 Å². The third-order valence-corrected chi connectivity index (χ3v) is 4.72. The van der Waals surface area contributed by atoms with Gasteiger partial charge in [0.25, 0.3) is 11.8 Å². The van der Waals surface area contributed by atoms with Crippen LogP contribution in [0.15, 0.2) is 23.8 Å². The predicted molar refractivity (Wildman–Crippen MR) is 106 cm³/mol.